The standard InChI is InChI=1S/C12H21NO3/c1-6-10-11(7-8(2)3)12(14-5,16-10)15-9(4)13-11/h8,10H,6-7H2,1-5H3/t10-,11+,12-/m1/s1. The van der Waals surface area contributed by atoms with Gasteiger partial charge in [0.15, 0.2) is 11.4 Å². The Morgan fingerprint density at radius 3 is 2.69 bits per heavy atom. The predicted octanol–water partition coefficient (Wildman–Crippen LogP) is 2.33. The molecule has 0 unspecified atom stereocenters. The van der Waals surface area contributed by atoms with Gasteiger partial charge in [0.2, 0.25) is 0 Å². The van der Waals surface area contributed by atoms with Gasteiger partial charge in [-0.3, -0.25) is 0 Å². The molecule has 0 spiro atoms. The largest absolute Gasteiger partial charge is 0.424 e. The van der Waals surface area contributed by atoms with E-state index in [1.54, 1.807) is 7.11 Å². The number of ether oxygens (including phenoxy) is 3. The van der Waals surface area contributed by atoms with Gasteiger partial charge < -0.3 is 14.2 Å². The summed E-state index contributed by atoms with van der Waals surface area (Å²) in [4.78, 5) is 4.67. The Balaban J connectivity index is 2.32. The fourth-order valence-corrected chi connectivity index (χ4v) is 2.89. The fraction of sp³-hybridized carbons (Fsp3) is 0.917. The minimum absolute atomic E-state index is 0.104. The third-order valence-electron chi connectivity index (χ3n) is 3.36. The van der Waals surface area contributed by atoms with Crippen molar-refractivity contribution in [1.82, 2.24) is 0 Å². The molecule has 0 N–H and O–H groups in total. The second-order valence-electron chi connectivity index (χ2n) is 5.03. The van der Waals surface area contributed by atoms with Gasteiger partial charge in [0.1, 0.15) is 0 Å². The van der Waals surface area contributed by atoms with Gasteiger partial charge in [0.25, 0.3) is 0 Å². The van der Waals surface area contributed by atoms with Crippen molar-refractivity contribution in [2.75, 3.05) is 7.11 Å². The SMILES string of the molecule is CC[C@H]1O[C@]2(OC)OC(C)=N[C@@]12CC(C)C. The Bertz CT molecular complexity index is 315. The van der Waals surface area contributed by atoms with Crippen LogP contribution in [-0.2, 0) is 14.2 Å². The molecule has 1 fully saturated rings. The van der Waals surface area contributed by atoms with E-state index in [1.165, 1.54) is 0 Å². The highest BCUT2D eigenvalue weighted by atomic mass is 16.9. The number of nitrogens with zero attached hydrogens (tertiary/aromatic N) is 1. The minimum Gasteiger partial charge on any atom is -0.424 e. The number of aliphatic imine (C=N–C) groups is 1. The Morgan fingerprint density at radius 1 is 1.50 bits per heavy atom. The summed E-state index contributed by atoms with van der Waals surface area (Å²) in [6, 6.07) is 0. The summed E-state index contributed by atoms with van der Waals surface area (Å²) in [5.74, 6) is 0.242. The summed E-state index contributed by atoms with van der Waals surface area (Å²) in [6.45, 7) is 8.33. The molecule has 2 aliphatic rings. The first-order valence-corrected chi connectivity index (χ1v) is 5.98. The third-order valence-corrected chi connectivity index (χ3v) is 3.36. The maximum Gasteiger partial charge on any atom is 0.357 e. The molecule has 16 heavy (non-hydrogen) atoms. The molecule has 0 aromatic rings. The van der Waals surface area contributed by atoms with Crippen LogP contribution in [0.25, 0.3) is 0 Å². The Kier molecular flexibility index (Phi) is 2.75. The molecule has 1 saturated heterocycles. The Morgan fingerprint density at radius 2 is 2.19 bits per heavy atom. The van der Waals surface area contributed by atoms with Gasteiger partial charge in [-0.25, -0.2) is 4.99 Å². The second-order valence-corrected chi connectivity index (χ2v) is 5.03. The van der Waals surface area contributed by atoms with Crippen molar-refractivity contribution in [3.63, 3.8) is 0 Å². The van der Waals surface area contributed by atoms with Crippen molar-refractivity contribution in [3.8, 4) is 0 Å². The maximum atomic E-state index is 5.76. The zero-order valence-corrected chi connectivity index (χ0v) is 10.7. The topological polar surface area (TPSA) is 40.0 Å². The van der Waals surface area contributed by atoms with Crippen LogP contribution >= 0.6 is 0 Å². The highest BCUT2D eigenvalue weighted by Crippen LogP contribution is 2.55. The van der Waals surface area contributed by atoms with Gasteiger partial charge in [-0.05, 0) is 18.8 Å². The lowest BCUT2D eigenvalue weighted by atomic mass is 9.76. The van der Waals surface area contributed by atoms with Crippen LogP contribution in [0.4, 0.5) is 0 Å². The quantitative estimate of drug-likeness (QED) is 0.740. The van der Waals surface area contributed by atoms with E-state index >= 15 is 0 Å². The lowest BCUT2D eigenvalue weighted by molar-refractivity contribution is -0.462. The number of hydrogen-bond acceptors (Lipinski definition) is 4. The van der Waals surface area contributed by atoms with Gasteiger partial charge in [-0.1, -0.05) is 20.8 Å². The minimum atomic E-state index is -0.956. The van der Waals surface area contributed by atoms with Gasteiger partial charge >= 0.3 is 5.97 Å². The summed E-state index contributed by atoms with van der Waals surface area (Å²) < 4.78 is 16.8. The fourth-order valence-electron chi connectivity index (χ4n) is 2.89. The molecular weight excluding hydrogens is 206 g/mol. The van der Waals surface area contributed by atoms with Crippen LogP contribution in [0.1, 0.15) is 40.5 Å². The van der Waals surface area contributed by atoms with E-state index in [0.717, 1.165) is 12.8 Å². The maximum absolute atomic E-state index is 5.76. The van der Waals surface area contributed by atoms with Crippen LogP contribution in [0.5, 0.6) is 0 Å². The smallest absolute Gasteiger partial charge is 0.357 e. The zero-order chi connectivity index (χ0) is 12.0. The molecule has 0 amide bonds. The average molecular weight is 227 g/mol. The third kappa shape index (κ3) is 1.32. The zero-order valence-electron chi connectivity index (χ0n) is 10.7. The predicted molar refractivity (Wildman–Crippen MR) is 61.3 cm³/mol. The van der Waals surface area contributed by atoms with E-state index < -0.39 is 5.97 Å². The first-order chi connectivity index (χ1) is 7.49. The first-order valence-electron chi connectivity index (χ1n) is 5.98. The molecule has 2 heterocycles. The number of rotatable bonds is 4. The van der Waals surface area contributed by atoms with E-state index in [9.17, 15) is 0 Å². The van der Waals surface area contributed by atoms with Crippen molar-refractivity contribution in [1.29, 1.82) is 0 Å². The summed E-state index contributed by atoms with van der Waals surface area (Å²) in [6.07, 6.45) is 1.96. The van der Waals surface area contributed by atoms with Gasteiger partial charge in [0.05, 0.1) is 6.10 Å². The molecule has 0 bridgehead atoms. The normalized spacial score (nSPS) is 41.4. The molecule has 0 saturated carbocycles. The van der Waals surface area contributed by atoms with Crippen LogP contribution in [0, 0.1) is 5.92 Å². The van der Waals surface area contributed by atoms with Crippen molar-refractivity contribution in [3.05, 3.63) is 0 Å². The Labute approximate surface area is 97.0 Å². The van der Waals surface area contributed by atoms with E-state index in [0.29, 0.717) is 11.8 Å². The van der Waals surface area contributed by atoms with Gasteiger partial charge in [-0.2, -0.15) is 0 Å². The van der Waals surface area contributed by atoms with E-state index in [-0.39, 0.29) is 11.6 Å². The number of methoxy groups -OCH3 is 1. The molecule has 3 atom stereocenters. The Hall–Kier alpha value is -0.610. The number of fused-ring (bicyclic) bond motifs is 1. The summed E-state index contributed by atoms with van der Waals surface area (Å²) in [5, 5.41) is 0. The molecule has 0 radical (unpaired) electrons. The van der Waals surface area contributed by atoms with Crippen LogP contribution in [0.15, 0.2) is 4.99 Å². The lowest BCUT2D eigenvalue weighted by Gasteiger charge is -2.55. The van der Waals surface area contributed by atoms with Crippen LogP contribution < -0.4 is 0 Å². The molecule has 0 aromatic carbocycles. The first kappa shape index (κ1) is 11.9. The van der Waals surface area contributed by atoms with Crippen molar-refractivity contribution in [2.45, 2.75) is 58.2 Å². The van der Waals surface area contributed by atoms with E-state index in [1.807, 2.05) is 6.92 Å². The van der Waals surface area contributed by atoms with E-state index in [2.05, 4.69) is 25.8 Å². The van der Waals surface area contributed by atoms with Crippen molar-refractivity contribution >= 4 is 5.90 Å². The van der Waals surface area contributed by atoms with Crippen LogP contribution in [-0.4, -0.2) is 30.6 Å². The highest BCUT2D eigenvalue weighted by molar-refractivity contribution is 5.76. The molecular formula is C12H21NO3. The monoisotopic (exact) mass is 227 g/mol. The molecule has 4 heteroatoms. The highest BCUT2D eigenvalue weighted by Gasteiger charge is 2.74. The summed E-state index contributed by atoms with van der Waals surface area (Å²) in [5.41, 5.74) is -0.339. The second kappa shape index (κ2) is 3.70. The van der Waals surface area contributed by atoms with Gasteiger partial charge in [0, 0.05) is 14.0 Å². The molecule has 0 aliphatic carbocycles. The number of hydrogen-bond donors (Lipinski definition) is 0. The summed E-state index contributed by atoms with van der Waals surface area (Å²) in [7, 11) is 1.62. The van der Waals surface area contributed by atoms with Crippen molar-refractivity contribution < 1.29 is 14.2 Å². The van der Waals surface area contributed by atoms with Gasteiger partial charge in [-0.15, -0.1) is 0 Å². The summed E-state index contributed by atoms with van der Waals surface area (Å²) >= 11 is 0. The average Bonchev–Trinajstić information content (AvgIpc) is 2.40. The molecule has 92 valence electrons. The van der Waals surface area contributed by atoms with Crippen molar-refractivity contribution in [2.24, 2.45) is 10.9 Å². The molecule has 4 nitrogen and oxygen atoms in total. The lowest BCUT2D eigenvalue weighted by Crippen LogP contribution is -2.73. The molecule has 2 rings (SSSR count). The molecule has 0 aromatic heterocycles. The van der Waals surface area contributed by atoms with Crippen LogP contribution in [0.2, 0.25) is 0 Å². The molecule has 2 aliphatic heterocycles. The van der Waals surface area contributed by atoms with E-state index in [4.69, 9.17) is 14.2 Å². The van der Waals surface area contributed by atoms with Crippen LogP contribution in [0.3, 0.4) is 0 Å².